The van der Waals surface area contributed by atoms with Gasteiger partial charge >= 0.3 is 0 Å². The summed E-state index contributed by atoms with van der Waals surface area (Å²) in [7, 11) is 0. The fourth-order valence-corrected chi connectivity index (χ4v) is 6.52. The molecule has 1 unspecified atom stereocenters. The summed E-state index contributed by atoms with van der Waals surface area (Å²) in [6, 6.07) is 9.68. The Morgan fingerprint density at radius 1 is 0.786 bits per heavy atom. The van der Waals surface area contributed by atoms with Crippen LogP contribution in [-0.4, -0.2) is 18.2 Å². The zero-order chi connectivity index (χ0) is 29.6. The number of hydrogen-bond acceptors (Lipinski definition) is 2. The van der Waals surface area contributed by atoms with Crippen molar-refractivity contribution in [2.24, 2.45) is 11.8 Å². The van der Waals surface area contributed by atoms with Gasteiger partial charge in [-0.2, -0.15) is 4.39 Å². The summed E-state index contributed by atoms with van der Waals surface area (Å²) in [6.45, 7) is 3.90. The second-order valence-electron chi connectivity index (χ2n) is 13.0. The summed E-state index contributed by atoms with van der Waals surface area (Å²) in [4.78, 5) is 4.04. The molecule has 0 saturated heterocycles. The topological polar surface area (TPSA) is 22.1 Å². The zero-order valence-corrected chi connectivity index (χ0v) is 26.1. The van der Waals surface area contributed by atoms with Crippen LogP contribution in [0.5, 0.6) is 0 Å². The van der Waals surface area contributed by atoms with Crippen LogP contribution in [0.25, 0.3) is 11.3 Å². The average molecular weight is 586 g/mol. The van der Waals surface area contributed by atoms with Crippen LogP contribution in [0.3, 0.4) is 0 Å². The quantitative estimate of drug-likeness (QED) is 0.107. The Hall–Kier alpha value is -1.88. The Labute approximate surface area is 253 Å². The highest BCUT2D eigenvalue weighted by Gasteiger charge is 2.47. The summed E-state index contributed by atoms with van der Waals surface area (Å²) < 4.78 is 51.8. The van der Waals surface area contributed by atoms with E-state index in [-0.39, 0.29) is 0 Å². The molecular formula is C37H54F3NO. The number of aromatic nitrogens is 1. The third-order valence-electron chi connectivity index (χ3n) is 9.42. The van der Waals surface area contributed by atoms with Gasteiger partial charge in [-0.05, 0) is 68.1 Å². The Bertz CT molecular complexity index is 1050. The minimum Gasteiger partial charge on any atom is -0.381 e. The first-order valence-electron chi connectivity index (χ1n) is 17.2. The van der Waals surface area contributed by atoms with E-state index in [0.717, 1.165) is 76.1 Å². The van der Waals surface area contributed by atoms with E-state index < -0.39 is 23.4 Å². The largest absolute Gasteiger partial charge is 0.381 e. The van der Waals surface area contributed by atoms with E-state index in [0.29, 0.717) is 30.5 Å². The van der Waals surface area contributed by atoms with Gasteiger partial charge in [0.15, 0.2) is 0 Å². The van der Waals surface area contributed by atoms with Crippen LogP contribution in [0.15, 0.2) is 30.3 Å². The summed E-state index contributed by atoms with van der Waals surface area (Å²) in [5.74, 6) is -3.93. The van der Waals surface area contributed by atoms with Crippen molar-refractivity contribution >= 4 is 0 Å². The van der Waals surface area contributed by atoms with E-state index in [1.54, 1.807) is 6.07 Å². The molecule has 1 atom stereocenters. The van der Waals surface area contributed by atoms with E-state index in [1.165, 1.54) is 63.4 Å². The number of fused-ring (bicyclic) bond motifs is 1. The number of aryl methyl sites for hydroxylation is 2. The molecule has 1 fully saturated rings. The lowest BCUT2D eigenvalue weighted by atomic mass is 9.78. The van der Waals surface area contributed by atoms with Crippen molar-refractivity contribution in [3.05, 3.63) is 53.0 Å². The molecule has 0 bridgehead atoms. The minimum atomic E-state index is -3.16. The maximum absolute atomic E-state index is 15.5. The fraction of sp³-hybridized carbons (Fsp3) is 0.703. The minimum absolute atomic E-state index is 0.410. The van der Waals surface area contributed by atoms with Crippen molar-refractivity contribution < 1.29 is 17.9 Å². The van der Waals surface area contributed by atoms with Gasteiger partial charge in [-0.3, -0.25) is 0 Å². The predicted octanol–water partition coefficient (Wildman–Crippen LogP) is 11.4. The van der Waals surface area contributed by atoms with Crippen LogP contribution in [0.4, 0.5) is 13.2 Å². The number of pyridine rings is 1. The Morgan fingerprint density at radius 3 is 2.12 bits per heavy atom. The Balaban J connectivity index is 1.19. The second kappa shape index (κ2) is 17.4. The normalized spacial score (nSPS) is 17.9. The van der Waals surface area contributed by atoms with Gasteiger partial charge in [0, 0.05) is 24.7 Å². The maximum Gasteiger partial charge on any atom is 0.280 e. The van der Waals surface area contributed by atoms with Crippen LogP contribution in [0, 0.1) is 17.8 Å². The molecule has 0 radical (unpaired) electrons. The number of halogens is 3. The van der Waals surface area contributed by atoms with E-state index in [2.05, 4.69) is 24.0 Å². The molecule has 234 valence electrons. The number of benzene rings is 1. The van der Waals surface area contributed by atoms with Gasteiger partial charge in [0.2, 0.25) is 5.95 Å². The molecule has 1 saturated carbocycles. The molecule has 4 rings (SSSR count). The van der Waals surface area contributed by atoms with Crippen molar-refractivity contribution in [2.75, 3.05) is 13.2 Å². The first kappa shape index (κ1) is 33.0. The Kier molecular flexibility index (Phi) is 13.7. The van der Waals surface area contributed by atoms with Gasteiger partial charge in [-0.15, -0.1) is 0 Å². The van der Waals surface area contributed by atoms with Crippen LogP contribution in [0.1, 0.15) is 139 Å². The monoisotopic (exact) mass is 585 g/mol. The highest BCUT2D eigenvalue weighted by molar-refractivity contribution is 5.61. The van der Waals surface area contributed by atoms with Crippen molar-refractivity contribution in [1.82, 2.24) is 4.98 Å². The molecule has 1 aromatic heterocycles. The van der Waals surface area contributed by atoms with E-state index >= 15 is 13.2 Å². The molecule has 0 amide bonds. The highest BCUT2D eigenvalue weighted by Crippen LogP contribution is 2.48. The van der Waals surface area contributed by atoms with Gasteiger partial charge < -0.3 is 4.74 Å². The number of alkyl halides is 2. The van der Waals surface area contributed by atoms with Gasteiger partial charge in [0.1, 0.15) is 0 Å². The predicted molar refractivity (Wildman–Crippen MR) is 168 cm³/mol. The molecule has 1 heterocycles. The molecule has 0 spiro atoms. The van der Waals surface area contributed by atoms with Crippen LogP contribution in [0.2, 0.25) is 0 Å². The van der Waals surface area contributed by atoms with Crippen molar-refractivity contribution in [2.45, 2.75) is 141 Å². The van der Waals surface area contributed by atoms with Crippen molar-refractivity contribution in [3.8, 4) is 11.3 Å². The van der Waals surface area contributed by atoms with E-state index in [4.69, 9.17) is 4.74 Å². The summed E-state index contributed by atoms with van der Waals surface area (Å²) in [5.41, 5.74) is 2.42. The number of hydrogen-bond donors (Lipinski definition) is 0. The summed E-state index contributed by atoms with van der Waals surface area (Å²) >= 11 is 0. The molecule has 1 aromatic carbocycles. The van der Waals surface area contributed by atoms with Gasteiger partial charge in [-0.25, -0.2) is 13.8 Å². The first-order chi connectivity index (χ1) is 20.5. The third-order valence-corrected chi connectivity index (χ3v) is 9.42. The number of rotatable bonds is 21. The van der Waals surface area contributed by atoms with Gasteiger partial charge in [-0.1, -0.05) is 115 Å². The van der Waals surface area contributed by atoms with Crippen LogP contribution < -0.4 is 0 Å². The number of unbranched alkanes of at least 4 members (excludes halogenated alkanes) is 10. The molecule has 2 aromatic rings. The molecule has 2 aliphatic carbocycles. The van der Waals surface area contributed by atoms with Crippen molar-refractivity contribution in [3.63, 3.8) is 0 Å². The van der Waals surface area contributed by atoms with Crippen molar-refractivity contribution in [1.29, 1.82) is 0 Å². The van der Waals surface area contributed by atoms with Gasteiger partial charge in [0.05, 0.1) is 11.3 Å². The van der Waals surface area contributed by atoms with E-state index in [1.807, 2.05) is 12.1 Å². The smallest absolute Gasteiger partial charge is 0.280 e. The fourth-order valence-electron chi connectivity index (χ4n) is 6.52. The number of ether oxygens (including phenoxy) is 1. The van der Waals surface area contributed by atoms with Crippen LogP contribution >= 0.6 is 0 Å². The lowest BCUT2D eigenvalue weighted by molar-refractivity contribution is -0.0824. The SMILES string of the molecule is CCCCCOCCCCCc1ccc(-c2cc3c(c(F)n2)C(F)(F)C(CCCCCCCCCC2CC2)CC3)cc1. The first-order valence-corrected chi connectivity index (χ1v) is 17.2. The molecule has 42 heavy (non-hydrogen) atoms. The molecule has 0 aliphatic heterocycles. The molecule has 2 aliphatic rings. The molecular weight excluding hydrogens is 531 g/mol. The standard InChI is InChI=1S/C37H54F3NO/c1-2-3-13-26-42-27-14-9-11-16-30-20-22-31(23-21-30)34-28-32-24-25-33(37(39,40)35(32)36(38)41-34)17-12-8-6-4-5-7-10-15-29-18-19-29/h20-23,28-29,33H,2-19,24-27H2,1H3. The van der Waals surface area contributed by atoms with Crippen LogP contribution in [-0.2, 0) is 23.5 Å². The lowest BCUT2D eigenvalue weighted by Gasteiger charge is -2.33. The molecule has 0 N–H and O–H groups in total. The van der Waals surface area contributed by atoms with E-state index in [9.17, 15) is 0 Å². The zero-order valence-electron chi connectivity index (χ0n) is 26.1. The highest BCUT2D eigenvalue weighted by atomic mass is 19.3. The average Bonchev–Trinajstić information content (AvgIpc) is 3.81. The molecule has 5 heteroatoms. The summed E-state index contributed by atoms with van der Waals surface area (Å²) in [5, 5.41) is 0. The lowest BCUT2D eigenvalue weighted by Crippen LogP contribution is -2.33. The second-order valence-corrected chi connectivity index (χ2v) is 13.0. The molecule has 2 nitrogen and oxygen atoms in total. The third kappa shape index (κ3) is 10.4. The maximum atomic E-state index is 15.5. The number of nitrogens with zero attached hydrogens (tertiary/aromatic N) is 1. The van der Waals surface area contributed by atoms with Gasteiger partial charge in [0.25, 0.3) is 5.92 Å². The summed E-state index contributed by atoms with van der Waals surface area (Å²) in [6.07, 6.45) is 21.5. The Morgan fingerprint density at radius 2 is 1.43 bits per heavy atom.